The molecule has 116 valence electrons. The number of alkyl halides is 3. The standard InChI is InChI=1S/C13H15BF4O3/c1-11(2)12(3,4)21-14(20-11)7-5-8(13(16,17)18)10(19)9(15)6-7/h5-6,19H,1-4H3. The summed E-state index contributed by atoms with van der Waals surface area (Å²) in [4.78, 5) is 0. The lowest BCUT2D eigenvalue weighted by Crippen LogP contribution is -2.41. The molecule has 1 aliphatic heterocycles. The van der Waals surface area contributed by atoms with Gasteiger partial charge in [0.2, 0.25) is 0 Å². The molecule has 1 fully saturated rings. The molecule has 1 heterocycles. The maximum atomic E-state index is 13.5. The molecule has 1 N–H and O–H groups in total. The highest BCUT2D eigenvalue weighted by Crippen LogP contribution is 2.39. The molecule has 21 heavy (non-hydrogen) atoms. The Bertz CT molecular complexity index is 553. The third-order valence-corrected chi connectivity index (χ3v) is 3.92. The van der Waals surface area contributed by atoms with E-state index in [4.69, 9.17) is 9.31 Å². The summed E-state index contributed by atoms with van der Waals surface area (Å²) in [7, 11) is -1.13. The molecule has 0 spiro atoms. The van der Waals surface area contributed by atoms with E-state index in [-0.39, 0.29) is 5.46 Å². The van der Waals surface area contributed by atoms with Gasteiger partial charge in [-0.3, -0.25) is 0 Å². The summed E-state index contributed by atoms with van der Waals surface area (Å²) >= 11 is 0. The van der Waals surface area contributed by atoms with Crippen molar-refractivity contribution >= 4 is 12.6 Å². The lowest BCUT2D eigenvalue weighted by atomic mass is 9.78. The third kappa shape index (κ3) is 2.74. The molecule has 1 aromatic carbocycles. The van der Waals surface area contributed by atoms with Gasteiger partial charge in [-0.25, -0.2) is 4.39 Å². The normalized spacial score (nSPS) is 20.9. The van der Waals surface area contributed by atoms with Crippen molar-refractivity contribution in [1.29, 1.82) is 0 Å². The summed E-state index contributed by atoms with van der Waals surface area (Å²) in [5.41, 5.74) is -3.10. The summed E-state index contributed by atoms with van der Waals surface area (Å²) in [6, 6.07) is 1.42. The van der Waals surface area contributed by atoms with E-state index >= 15 is 0 Å². The van der Waals surface area contributed by atoms with Crippen LogP contribution in [-0.2, 0) is 15.5 Å². The number of benzene rings is 1. The zero-order valence-electron chi connectivity index (χ0n) is 12.0. The predicted octanol–water partition coefficient (Wildman–Crippen LogP) is 2.85. The van der Waals surface area contributed by atoms with Gasteiger partial charge in [0.05, 0.1) is 16.8 Å². The van der Waals surface area contributed by atoms with Crippen molar-refractivity contribution in [2.24, 2.45) is 0 Å². The molecule has 8 heteroatoms. The van der Waals surface area contributed by atoms with Crippen molar-refractivity contribution in [3.05, 3.63) is 23.5 Å². The Morgan fingerprint density at radius 2 is 1.52 bits per heavy atom. The van der Waals surface area contributed by atoms with Gasteiger partial charge in [0.1, 0.15) is 0 Å². The molecule has 1 aromatic rings. The molecule has 0 radical (unpaired) electrons. The SMILES string of the molecule is CC1(C)OB(c2cc(F)c(O)c(C(F)(F)F)c2)OC1(C)C. The summed E-state index contributed by atoms with van der Waals surface area (Å²) in [6.45, 7) is 6.92. The molecule has 0 amide bonds. The lowest BCUT2D eigenvalue weighted by Gasteiger charge is -2.32. The molecule has 1 saturated heterocycles. The highest BCUT2D eigenvalue weighted by molar-refractivity contribution is 6.62. The lowest BCUT2D eigenvalue weighted by molar-refractivity contribution is -0.139. The minimum absolute atomic E-state index is 0.128. The fourth-order valence-corrected chi connectivity index (χ4v) is 1.95. The van der Waals surface area contributed by atoms with Gasteiger partial charge in [-0.05, 0) is 45.3 Å². The van der Waals surface area contributed by atoms with Crippen molar-refractivity contribution in [2.45, 2.75) is 45.1 Å². The molecule has 1 aliphatic rings. The van der Waals surface area contributed by atoms with Crippen molar-refractivity contribution in [1.82, 2.24) is 0 Å². The maximum Gasteiger partial charge on any atom is 0.494 e. The minimum Gasteiger partial charge on any atom is -0.504 e. The first-order valence-electron chi connectivity index (χ1n) is 6.30. The van der Waals surface area contributed by atoms with Crippen LogP contribution in [-0.4, -0.2) is 23.4 Å². The highest BCUT2D eigenvalue weighted by atomic mass is 19.4. The van der Waals surface area contributed by atoms with Crippen LogP contribution in [0.5, 0.6) is 5.75 Å². The molecule has 0 atom stereocenters. The molecule has 0 aliphatic carbocycles. The smallest absolute Gasteiger partial charge is 0.494 e. The Morgan fingerprint density at radius 3 is 1.95 bits per heavy atom. The highest BCUT2D eigenvalue weighted by Gasteiger charge is 2.52. The number of phenols is 1. The van der Waals surface area contributed by atoms with Gasteiger partial charge in [0, 0.05) is 0 Å². The number of halogens is 4. The average Bonchev–Trinajstić information content (AvgIpc) is 2.50. The Kier molecular flexibility index (Phi) is 3.53. The van der Waals surface area contributed by atoms with Crippen molar-refractivity contribution in [3.63, 3.8) is 0 Å². The van der Waals surface area contributed by atoms with Crippen molar-refractivity contribution in [2.75, 3.05) is 0 Å². The van der Waals surface area contributed by atoms with E-state index in [1.165, 1.54) is 0 Å². The molecular formula is C13H15BF4O3. The van der Waals surface area contributed by atoms with E-state index in [9.17, 15) is 22.7 Å². The Hall–Kier alpha value is -1.28. The minimum atomic E-state index is -4.87. The summed E-state index contributed by atoms with van der Waals surface area (Å²) in [6.07, 6.45) is -4.87. The molecule has 3 nitrogen and oxygen atoms in total. The molecule has 0 saturated carbocycles. The van der Waals surface area contributed by atoms with Crippen LogP contribution in [0.2, 0.25) is 0 Å². The van der Waals surface area contributed by atoms with Crippen LogP contribution in [0.1, 0.15) is 33.3 Å². The summed E-state index contributed by atoms with van der Waals surface area (Å²) in [5, 5.41) is 9.23. The second-order valence-electron chi connectivity index (χ2n) is 5.98. The van der Waals surface area contributed by atoms with E-state index in [0.29, 0.717) is 6.07 Å². The van der Waals surface area contributed by atoms with E-state index < -0.39 is 41.6 Å². The van der Waals surface area contributed by atoms with Gasteiger partial charge in [-0.2, -0.15) is 13.2 Å². The van der Waals surface area contributed by atoms with E-state index in [2.05, 4.69) is 0 Å². The number of phenolic OH excluding ortho intramolecular Hbond substituents is 1. The second kappa shape index (κ2) is 4.61. The molecule has 0 bridgehead atoms. The fourth-order valence-electron chi connectivity index (χ4n) is 1.95. The summed E-state index contributed by atoms with van der Waals surface area (Å²) < 4.78 is 63.1. The van der Waals surface area contributed by atoms with Gasteiger partial charge in [0.25, 0.3) is 0 Å². The number of hydrogen-bond donors (Lipinski definition) is 1. The third-order valence-electron chi connectivity index (χ3n) is 3.92. The van der Waals surface area contributed by atoms with Crippen molar-refractivity contribution < 1.29 is 32.0 Å². The van der Waals surface area contributed by atoms with Crippen LogP contribution >= 0.6 is 0 Å². The maximum absolute atomic E-state index is 13.5. The Balaban J connectivity index is 2.46. The molecule has 0 aromatic heterocycles. The van der Waals surface area contributed by atoms with E-state index in [1.807, 2.05) is 0 Å². The van der Waals surface area contributed by atoms with Gasteiger partial charge in [-0.1, -0.05) is 0 Å². The molecule has 0 unspecified atom stereocenters. The fraction of sp³-hybridized carbons (Fsp3) is 0.538. The van der Waals surface area contributed by atoms with E-state index in [0.717, 1.165) is 6.07 Å². The quantitative estimate of drug-likeness (QED) is 0.640. The van der Waals surface area contributed by atoms with Crippen LogP contribution in [0, 0.1) is 5.82 Å². The number of rotatable bonds is 1. The zero-order valence-corrected chi connectivity index (χ0v) is 12.0. The van der Waals surface area contributed by atoms with Crippen LogP contribution in [0.3, 0.4) is 0 Å². The monoisotopic (exact) mass is 306 g/mol. The van der Waals surface area contributed by atoms with Gasteiger partial charge in [0.15, 0.2) is 11.6 Å². The predicted molar refractivity (Wildman–Crippen MR) is 68.8 cm³/mol. The zero-order chi connectivity index (χ0) is 16.2. The summed E-state index contributed by atoms with van der Waals surface area (Å²) in [5.74, 6) is -2.79. The van der Waals surface area contributed by atoms with Crippen molar-refractivity contribution in [3.8, 4) is 5.75 Å². The topological polar surface area (TPSA) is 38.7 Å². The van der Waals surface area contributed by atoms with Crippen LogP contribution in [0.25, 0.3) is 0 Å². The van der Waals surface area contributed by atoms with Gasteiger partial charge >= 0.3 is 13.3 Å². The van der Waals surface area contributed by atoms with E-state index in [1.54, 1.807) is 27.7 Å². The van der Waals surface area contributed by atoms with Gasteiger partial charge < -0.3 is 14.4 Å². The number of hydrogen-bond acceptors (Lipinski definition) is 3. The first-order valence-corrected chi connectivity index (χ1v) is 6.30. The van der Waals surface area contributed by atoms with Gasteiger partial charge in [-0.15, -0.1) is 0 Å². The average molecular weight is 306 g/mol. The Labute approximate surface area is 120 Å². The number of aromatic hydroxyl groups is 1. The van der Waals surface area contributed by atoms with Crippen LogP contribution < -0.4 is 5.46 Å². The Morgan fingerprint density at radius 1 is 1.05 bits per heavy atom. The largest absolute Gasteiger partial charge is 0.504 e. The van der Waals surface area contributed by atoms with Crippen LogP contribution in [0.15, 0.2) is 12.1 Å². The first-order chi connectivity index (χ1) is 9.35. The van der Waals surface area contributed by atoms with Crippen LogP contribution in [0.4, 0.5) is 17.6 Å². The second-order valence-corrected chi connectivity index (χ2v) is 5.98. The molecule has 2 rings (SSSR count). The molecular weight excluding hydrogens is 291 g/mol. The first kappa shape index (κ1) is 16.1.